The van der Waals surface area contributed by atoms with Gasteiger partial charge < -0.3 is 14.5 Å². The Balaban J connectivity index is 1.94. The minimum atomic E-state index is -0.0972. The summed E-state index contributed by atoms with van der Waals surface area (Å²) < 4.78 is 5.51. The van der Waals surface area contributed by atoms with Crippen molar-refractivity contribution in [2.45, 2.75) is 19.3 Å². The first-order valence-corrected chi connectivity index (χ1v) is 7.00. The van der Waals surface area contributed by atoms with Gasteiger partial charge in [0.1, 0.15) is 0 Å². The quantitative estimate of drug-likeness (QED) is 0.782. The molecular weight excluding hydrogens is 256 g/mol. The Bertz CT molecular complexity index is 550. The van der Waals surface area contributed by atoms with E-state index >= 15 is 0 Å². The van der Waals surface area contributed by atoms with Crippen molar-refractivity contribution in [2.75, 3.05) is 31.6 Å². The van der Waals surface area contributed by atoms with E-state index < -0.39 is 0 Å². The first kappa shape index (κ1) is 13.0. The summed E-state index contributed by atoms with van der Waals surface area (Å²) in [5.74, 6) is 0.439. The van der Waals surface area contributed by atoms with Crippen molar-refractivity contribution in [1.29, 1.82) is 0 Å². The van der Waals surface area contributed by atoms with Gasteiger partial charge in [0.2, 0.25) is 0 Å². The molecule has 20 heavy (non-hydrogen) atoms. The number of hydrogen-bond donors (Lipinski definition) is 0. The van der Waals surface area contributed by atoms with E-state index in [4.69, 9.17) is 4.74 Å². The summed E-state index contributed by atoms with van der Waals surface area (Å²) in [6.45, 7) is 1.60. The van der Waals surface area contributed by atoms with Gasteiger partial charge in [0.25, 0.3) is 11.8 Å². The van der Waals surface area contributed by atoms with Gasteiger partial charge in [0, 0.05) is 20.1 Å². The number of hydrogen-bond acceptors (Lipinski definition) is 3. The van der Waals surface area contributed by atoms with E-state index in [-0.39, 0.29) is 18.4 Å². The number of amides is 2. The van der Waals surface area contributed by atoms with Gasteiger partial charge in [0.15, 0.2) is 12.4 Å². The van der Waals surface area contributed by atoms with Crippen LogP contribution >= 0.6 is 0 Å². The predicted molar refractivity (Wildman–Crippen MR) is 75.1 cm³/mol. The summed E-state index contributed by atoms with van der Waals surface area (Å²) in [6, 6.07) is 5.38. The van der Waals surface area contributed by atoms with Gasteiger partial charge in [-0.25, -0.2) is 0 Å². The molecule has 1 fully saturated rings. The number of nitrogens with zero attached hydrogens (tertiary/aromatic N) is 2. The second-order valence-electron chi connectivity index (χ2n) is 5.25. The lowest BCUT2D eigenvalue weighted by atomic mass is 10.1. The summed E-state index contributed by atoms with van der Waals surface area (Å²) in [6.07, 6.45) is 3.30. The largest absolute Gasteiger partial charge is 0.481 e. The molecule has 5 heteroatoms. The highest BCUT2D eigenvalue weighted by Crippen LogP contribution is 2.35. The molecule has 2 heterocycles. The molecule has 0 atom stereocenters. The Morgan fingerprint density at radius 2 is 1.95 bits per heavy atom. The lowest BCUT2D eigenvalue weighted by molar-refractivity contribution is -0.121. The van der Waals surface area contributed by atoms with Crippen LogP contribution in [0.5, 0.6) is 5.75 Å². The zero-order valence-corrected chi connectivity index (χ0v) is 11.6. The first-order chi connectivity index (χ1) is 9.68. The SMILES string of the molecule is CN1C(=O)COc2c(C(=O)N3CCCCC3)cccc21. The molecule has 0 aromatic heterocycles. The third kappa shape index (κ3) is 2.13. The summed E-state index contributed by atoms with van der Waals surface area (Å²) in [5.41, 5.74) is 1.23. The number of benzene rings is 1. The van der Waals surface area contributed by atoms with E-state index in [1.54, 1.807) is 30.1 Å². The lowest BCUT2D eigenvalue weighted by Crippen LogP contribution is -2.38. The van der Waals surface area contributed by atoms with Crippen molar-refractivity contribution in [1.82, 2.24) is 4.90 Å². The van der Waals surface area contributed by atoms with E-state index in [0.717, 1.165) is 25.9 Å². The van der Waals surface area contributed by atoms with E-state index in [2.05, 4.69) is 0 Å². The minimum absolute atomic E-state index is 0.00398. The average Bonchev–Trinajstić information content (AvgIpc) is 2.51. The molecule has 0 radical (unpaired) electrons. The number of ether oxygens (including phenoxy) is 1. The van der Waals surface area contributed by atoms with Crippen molar-refractivity contribution in [2.24, 2.45) is 0 Å². The second-order valence-corrected chi connectivity index (χ2v) is 5.25. The van der Waals surface area contributed by atoms with Crippen LogP contribution in [0.3, 0.4) is 0 Å². The molecule has 0 unspecified atom stereocenters. The highest BCUT2D eigenvalue weighted by atomic mass is 16.5. The molecule has 0 saturated carbocycles. The summed E-state index contributed by atoms with van der Waals surface area (Å²) >= 11 is 0. The van der Waals surface area contributed by atoms with Crippen LogP contribution in [0.2, 0.25) is 0 Å². The van der Waals surface area contributed by atoms with Gasteiger partial charge in [-0.05, 0) is 31.4 Å². The maximum atomic E-state index is 12.6. The molecule has 1 aromatic rings. The molecule has 5 nitrogen and oxygen atoms in total. The van der Waals surface area contributed by atoms with Crippen LogP contribution in [0.4, 0.5) is 5.69 Å². The Morgan fingerprint density at radius 1 is 1.20 bits per heavy atom. The number of rotatable bonds is 1. The lowest BCUT2D eigenvalue weighted by Gasteiger charge is -2.30. The standard InChI is InChI=1S/C15H18N2O3/c1-16-12-7-5-6-11(14(12)20-10-13(16)18)15(19)17-8-3-2-4-9-17/h5-7H,2-4,8-10H2,1H3. The Morgan fingerprint density at radius 3 is 2.70 bits per heavy atom. The Labute approximate surface area is 118 Å². The normalized spacial score (nSPS) is 18.6. The molecule has 0 spiro atoms. The van der Waals surface area contributed by atoms with E-state index in [0.29, 0.717) is 17.0 Å². The highest BCUT2D eigenvalue weighted by Gasteiger charge is 2.28. The van der Waals surface area contributed by atoms with Gasteiger partial charge in [0.05, 0.1) is 11.3 Å². The Hall–Kier alpha value is -2.04. The topological polar surface area (TPSA) is 49.9 Å². The van der Waals surface area contributed by atoms with Gasteiger partial charge in [-0.1, -0.05) is 6.07 Å². The maximum Gasteiger partial charge on any atom is 0.264 e. The second kappa shape index (κ2) is 5.15. The van der Waals surface area contributed by atoms with Crippen LogP contribution in [0.15, 0.2) is 18.2 Å². The number of likely N-dealkylation sites (N-methyl/N-ethyl adjacent to an activating group) is 1. The number of carbonyl (C=O) groups excluding carboxylic acids is 2. The zero-order valence-electron chi connectivity index (χ0n) is 11.6. The van der Waals surface area contributed by atoms with Crippen molar-refractivity contribution in [3.05, 3.63) is 23.8 Å². The molecule has 0 bridgehead atoms. The fourth-order valence-corrected chi connectivity index (χ4v) is 2.74. The van der Waals surface area contributed by atoms with Gasteiger partial charge in [-0.15, -0.1) is 0 Å². The predicted octanol–water partition coefficient (Wildman–Crippen LogP) is 1.67. The highest BCUT2D eigenvalue weighted by molar-refractivity contribution is 6.04. The number of anilines is 1. The number of carbonyl (C=O) groups is 2. The number of likely N-dealkylation sites (tertiary alicyclic amines) is 1. The molecule has 2 amide bonds. The summed E-state index contributed by atoms with van der Waals surface area (Å²) in [4.78, 5) is 27.7. The minimum Gasteiger partial charge on any atom is -0.481 e. The molecule has 2 aliphatic rings. The fourth-order valence-electron chi connectivity index (χ4n) is 2.74. The third-order valence-electron chi connectivity index (χ3n) is 3.94. The molecule has 1 saturated heterocycles. The van der Waals surface area contributed by atoms with E-state index in [1.165, 1.54) is 6.42 Å². The van der Waals surface area contributed by atoms with Crippen LogP contribution < -0.4 is 9.64 Å². The third-order valence-corrected chi connectivity index (χ3v) is 3.94. The van der Waals surface area contributed by atoms with Crippen molar-refractivity contribution < 1.29 is 14.3 Å². The smallest absolute Gasteiger partial charge is 0.264 e. The number of fused-ring (bicyclic) bond motifs is 1. The zero-order chi connectivity index (χ0) is 14.1. The summed E-state index contributed by atoms with van der Waals surface area (Å²) in [7, 11) is 1.71. The first-order valence-electron chi connectivity index (χ1n) is 7.00. The molecule has 1 aromatic carbocycles. The van der Waals surface area contributed by atoms with Gasteiger partial charge in [-0.2, -0.15) is 0 Å². The monoisotopic (exact) mass is 274 g/mol. The Kier molecular flexibility index (Phi) is 3.34. The van der Waals surface area contributed by atoms with Crippen LogP contribution in [0.25, 0.3) is 0 Å². The average molecular weight is 274 g/mol. The molecular formula is C15H18N2O3. The van der Waals surface area contributed by atoms with Crippen LogP contribution in [0.1, 0.15) is 29.6 Å². The molecule has 0 N–H and O–H groups in total. The van der Waals surface area contributed by atoms with Gasteiger partial charge in [-0.3, -0.25) is 9.59 Å². The van der Waals surface area contributed by atoms with Gasteiger partial charge >= 0.3 is 0 Å². The van der Waals surface area contributed by atoms with Crippen molar-refractivity contribution >= 4 is 17.5 Å². The van der Waals surface area contributed by atoms with Crippen LogP contribution in [-0.4, -0.2) is 43.5 Å². The molecule has 2 aliphatic heterocycles. The molecule has 106 valence electrons. The maximum absolute atomic E-state index is 12.6. The fraction of sp³-hybridized carbons (Fsp3) is 0.467. The van der Waals surface area contributed by atoms with Crippen molar-refractivity contribution in [3.8, 4) is 5.75 Å². The van der Waals surface area contributed by atoms with Crippen molar-refractivity contribution in [3.63, 3.8) is 0 Å². The molecule has 0 aliphatic carbocycles. The number of para-hydroxylation sites is 1. The van der Waals surface area contributed by atoms with Crippen LogP contribution in [0, 0.1) is 0 Å². The van der Waals surface area contributed by atoms with Crippen LogP contribution in [-0.2, 0) is 4.79 Å². The summed E-state index contributed by atoms with van der Waals surface area (Å²) in [5, 5.41) is 0. The molecule has 3 rings (SSSR count). The van der Waals surface area contributed by atoms with E-state index in [1.807, 2.05) is 4.90 Å². The van der Waals surface area contributed by atoms with E-state index in [9.17, 15) is 9.59 Å². The number of piperidine rings is 1.